The highest BCUT2D eigenvalue weighted by Gasteiger charge is 2.28. The lowest BCUT2D eigenvalue weighted by molar-refractivity contribution is -0.132. The fraction of sp³-hybridized carbons (Fsp3) is 0.538. The van der Waals surface area contributed by atoms with Gasteiger partial charge in [0.05, 0.1) is 4.90 Å². The summed E-state index contributed by atoms with van der Waals surface area (Å²) < 4.78 is 29.5. The van der Waals surface area contributed by atoms with E-state index in [-0.39, 0.29) is 28.8 Å². The molecule has 8 heteroatoms. The van der Waals surface area contributed by atoms with Crippen molar-refractivity contribution >= 4 is 32.6 Å². The number of fused-ring (bicyclic) bond motifs is 1. The monoisotopic (exact) mass is 485 g/mol. The van der Waals surface area contributed by atoms with Crippen molar-refractivity contribution in [2.45, 2.75) is 81.7 Å². The zero-order valence-corrected chi connectivity index (χ0v) is 20.7. The normalized spacial score (nSPS) is 18.2. The number of amides is 2. The van der Waals surface area contributed by atoms with Gasteiger partial charge in [0.15, 0.2) is 0 Å². The van der Waals surface area contributed by atoms with E-state index >= 15 is 0 Å². The third-order valence-electron chi connectivity index (χ3n) is 6.99. The summed E-state index contributed by atoms with van der Waals surface area (Å²) in [6.07, 6.45) is 7.97. The van der Waals surface area contributed by atoms with Crippen LogP contribution in [0, 0.1) is 0 Å². The molecule has 184 valence electrons. The molecule has 0 bridgehead atoms. The van der Waals surface area contributed by atoms with Gasteiger partial charge in [0.25, 0.3) is 5.91 Å². The van der Waals surface area contributed by atoms with Crippen molar-refractivity contribution < 1.29 is 18.0 Å². The largest absolute Gasteiger partial charge is 0.349 e. The average molecular weight is 486 g/mol. The zero-order valence-electron chi connectivity index (χ0n) is 19.9. The number of sulfonamides is 1. The first-order valence-electron chi connectivity index (χ1n) is 12.5. The molecule has 34 heavy (non-hydrogen) atoms. The second-order valence-corrected chi connectivity index (χ2v) is 11.2. The van der Waals surface area contributed by atoms with E-state index in [1.54, 1.807) is 24.3 Å². The van der Waals surface area contributed by atoms with E-state index in [0.717, 1.165) is 32.1 Å². The van der Waals surface area contributed by atoms with Gasteiger partial charge >= 0.3 is 0 Å². The smallest absolute Gasteiger partial charge is 0.252 e. The Balaban J connectivity index is 1.51. The lowest BCUT2D eigenvalue weighted by Crippen LogP contribution is -2.46. The SMILES string of the molecule is CCCC(=O)N1CCC(NS(=O)(=O)c2ccc(C(=O)NC3CCCCC3)c3ccccc23)CC1. The summed E-state index contributed by atoms with van der Waals surface area (Å²) in [6.45, 7) is 3.11. The van der Waals surface area contributed by atoms with Gasteiger partial charge in [0, 0.05) is 42.5 Å². The van der Waals surface area contributed by atoms with Crippen LogP contribution in [0.2, 0.25) is 0 Å². The van der Waals surface area contributed by atoms with Crippen LogP contribution in [-0.4, -0.2) is 50.3 Å². The maximum absolute atomic E-state index is 13.3. The van der Waals surface area contributed by atoms with Gasteiger partial charge in [-0.15, -0.1) is 0 Å². The van der Waals surface area contributed by atoms with Crippen LogP contribution in [0.1, 0.15) is 75.1 Å². The Labute approximate surface area is 202 Å². The molecule has 1 aliphatic carbocycles. The standard InChI is InChI=1S/C26H35N3O4S/c1-2-8-25(30)29-17-15-20(16-18-29)28-34(32,33)24-14-13-23(21-11-6-7-12-22(21)24)26(31)27-19-9-4-3-5-10-19/h6-7,11-14,19-20,28H,2-5,8-10,15-18H2,1H3,(H,27,31). The number of piperidine rings is 1. The van der Waals surface area contributed by atoms with Gasteiger partial charge in [0.2, 0.25) is 15.9 Å². The van der Waals surface area contributed by atoms with Crippen LogP contribution in [0.25, 0.3) is 10.8 Å². The second kappa shape index (κ2) is 10.9. The van der Waals surface area contributed by atoms with E-state index in [4.69, 9.17) is 0 Å². The number of likely N-dealkylation sites (tertiary alicyclic amines) is 1. The van der Waals surface area contributed by atoms with Crippen LogP contribution in [0.15, 0.2) is 41.3 Å². The number of hydrogen-bond acceptors (Lipinski definition) is 4. The minimum atomic E-state index is -3.79. The van der Waals surface area contributed by atoms with Gasteiger partial charge in [-0.05, 0) is 49.6 Å². The quantitative estimate of drug-likeness (QED) is 0.620. The molecule has 2 fully saturated rings. The topological polar surface area (TPSA) is 95.6 Å². The van der Waals surface area contributed by atoms with Gasteiger partial charge in [-0.2, -0.15) is 0 Å². The molecule has 4 rings (SSSR count). The molecule has 0 radical (unpaired) electrons. The van der Waals surface area contributed by atoms with Gasteiger partial charge in [0.1, 0.15) is 0 Å². The van der Waals surface area contributed by atoms with E-state index in [1.165, 1.54) is 6.42 Å². The van der Waals surface area contributed by atoms with Crippen LogP contribution in [0.5, 0.6) is 0 Å². The molecular weight excluding hydrogens is 450 g/mol. The van der Waals surface area contributed by atoms with Gasteiger partial charge in [-0.25, -0.2) is 13.1 Å². The summed E-state index contributed by atoms with van der Waals surface area (Å²) in [4.78, 5) is 27.2. The van der Waals surface area contributed by atoms with Crippen LogP contribution >= 0.6 is 0 Å². The van der Waals surface area contributed by atoms with E-state index in [0.29, 0.717) is 48.7 Å². The fourth-order valence-corrected chi connectivity index (χ4v) is 6.63. The average Bonchev–Trinajstić information content (AvgIpc) is 2.84. The third kappa shape index (κ3) is 5.61. The number of nitrogens with one attached hydrogen (secondary N) is 2. The summed E-state index contributed by atoms with van der Waals surface area (Å²) >= 11 is 0. The van der Waals surface area contributed by atoms with E-state index in [1.807, 2.05) is 24.0 Å². The van der Waals surface area contributed by atoms with Crippen molar-refractivity contribution in [2.75, 3.05) is 13.1 Å². The number of carbonyl (C=O) groups excluding carboxylic acids is 2. The maximum Gasteiger partial charge on any atom is 0.252 e. The second-order valence-electron chi connectivity index (χ2n) is 9.49. The van der Waals surface area contributed by atoms with Crippen molar-refractivity contribution in [2.24, 2.45) is 0 Å². The zero-order chi connectivity index (χ0) is 24.1. The van der Waals surface area contributed by atoms with Crippen LogP contribution < -0.4 is 10.0 Å². The molecule has 1 saturated heterocycles. The minimum absolute atomic E-state index is 0.136. The highest BCUT2D eigenvalue weighted by atomic mass is 32.2. The molecule has 2 aromatic rings. The molecule has 0 atom stereocenters. The Morgan fingerprint density at radius 3 is 2.26 bits per heavy atom. The van der Waals surface area contributed by atoms with E-state index in [2.05, 4.69) is 10.0 Å². The lowest BCUT2D eigenvalue weighted by Gasteiger charge is -2.32. The Morgan fingerprint density at radius 2 is 1.59 bits per heavy atom. The molecule has 2 aliphatic rings. The number of benzene rings is 2. The predicted octanol–water partition coefficient (Wildman–Crippen LogP) is 3.97. The Hall–Kier alpha value is -2.45. The highest BCUT2D eigenvalue weighted by Crippen LogP contribution is 2.28. The van der Waals surface area contributed by atoms with Crippen molar-refractivity contribution in [3.63, 3.8) is 0 Å². The molecule has 0 spiro atoms. The molecule has 2 aromatic carbocycles. The molecule has 1 saturated carbocycles. The van der Waals surface area contributed by atoms with Crippen LogP contribution in [0.3, 0.4) is 0 Å². The first-order chi connectivity index (χ1) is 16.4. The Morgan fingerprint density at radius 1 is 0.912 bits per heavy atom. The van der Waals surface area contributed by atoms with E-state index in [9.17, 15) is 18.0 Å². The predicted molar refractivity (Wildman–Crippen MR) is 133 cm³/mol. The van der Waals surface area contributed by atoms with Crippen LogP contribution in [-0.2, 0) is 14.8 Å². The van der Waals surface area contributed by atoms with Crippen molar-refractivity contribution in [3.8, 4) is 0 Å². The van der Waals surface area contributed by atoms with Crippen molar-refractivity contribution in [1.29, 1.82) is 0 Å². The maximum atomic E-state index is 13.3. The number of rotatable bonds is 7. The summed E-state index contributed by atoms with van der Waals surface area (Å²) in [6, 6.07) is 10.3. The van der Waals surface area contributed by atoms with Gasteiger partial charge in [-0.3, -0.25) is 9.59 Å². The Bertz CT molecular complexity index is 1130. The Kier molecular flexibility index (Phi) is 7.88. The fourth-order valence-electron chi connectivity index (χ4n) is 5.12. The highest BCUT2D eigenvalue weighted by molar-refractivity contribution is 7.89. The third-order valence-corrected chi connectivity index (χ3v) is 8.57. The molecule has 0 aromatic heterocycles. The van der Waals surface area contributed by atoms with Crippen LogP contribution in [0.4, 0.5) is 0 Å². The van der Waals surface area contributed by atoms with Crippen molar-refractivity contribution in [1.82, 2.24) is 14.9 Å². The van der Waals surface area contributed by atoms with Crippen molar-refractivity contribution in [3.05, 3.63) is 42.0 Å². The first kappa shape index (κ1) is 24.7. The molecule has 1 aliphatic heterocycles. The number of hydrogen-bond donors (Lipinski definition) is 2. The summed E-state index contributed by atoms with van der Waals surface area (Å²) in [5, 5.41) is 4.32. The lowest BCUT2D eigenvalue weighted by atomic mass is 9.95. The van der Waals surface area contributed by atoms with E-state index < -0.39 is 10.0 Å². The summed E-state index contributed by atoms with van der Waals surface area (Å²) in [5.74, 6) is -0.0129. The number of nitrogens with zero attached hydrogens (tertiary/aromatic N) is 1. The molecule has 2 N–H and O–H groups in total. The van der Waals surface area contributed by atoms with Gasteiger partial charge < -0.3 is 10.2 Å². The molecule has 1 heterocycles. The first-order valence-corrected chi connectivity index (χ1v) is 14.0. The molecule has 7 nitrogen and oxygen atoms in total. The summed E-state index contributed by atoms with van der Waals surface area (Å²) in [7, 11) is -3.79. The molecular formula is C26H35N3O4S. The summed E-state index contributed by atoms with van der Waals surface area (Å²) in [5.41, 5.74) is 0.503. The minimum Gasteiger partial charge on any atom is -0.349 e. The molecule has 0 unspecified atom stereocenters. The number of carbonyl (C=O) groups is 2. The van der Waals surface area contributed by atoms with Gasteiger partial charge in [-0.1, -0.05) is 50.5 Å². The molecule has 2 amide bonds.